The minimum absolute atomic E-state index is 0.770. The Morgan fingerprint density at radius 2 is 2.00 bits per heavy atom. The van der Waals surface area contributed by atoms with Crippen LogP contribution in [0.15, 0.2) is 34.9 Å². The lowest BCUT2D eigenvalue weighted by molar-refractivity contribution is 0.303. The number of hydrogen-bond donors (Lipinski definition) is 1. The van der Waals surface area contributed by atoms with E-state index in [1.165, 1.54) is 16.7 Å². The number of unbranched alkanes of at least 4 members (excludes halogenated alkanes) is 1. The molecule has 3 heteroatoms. The summed E-state index contributed by atoms with van der Waals surface area (Å²) in [5, 5.41) is 3.37. The summed E-state index contributed by atoms with van der Waals surface area (Å²) < 4.78 is 11.2. The summed E-state index contributed by atoms with van der Waals surface area (Å²) in [5.74, 6) is 2.01. The van der Waals surface area contributed by atoms with Gasteiger partial charge in [0, 0.05) is 0 Å². The molecule has 0 unspecified atom stereocenters. The summed E-state index contributed by atoms with van der Waals surface area (Å²) in [5.41, 5.74) is 3.80. The van der Waals surface area contributed by atoms with E-state index in [-0.39, 0.29) is 0 Å². The van der Waals surface area contributed by atoms with Crippen LogP contribution >= 0.6 is 0 Å². The number of nitrogens with one attached hydrogen (secondary N) is 1. The highest BCUT2D eigenvalue weighted by Crippen LogP contribution is 2.23. The molecule has 0 saturated heterocycles. The normalized spacial score (nSPS) is 10.8. The Hall–Kier alpha value is -1.74. The van der Waals surface area contributed by atoms with Gasteiger partial charge in [-0.1, -0.05) is 6.07 Å². The van der Waals surface area contributed by atoms with E-state index in [0.717, 1.165) is 44.0 Å². The van der Waals surface area contributed by atoms with Gasteiger partial charge in [0.15, 0.2) is 0 Å². The van der Waals surface area contributed by atoms with Crippen LogP contribution in [-0.2, 0) is 6.54 Å². The summed E-state index contributed by atoms with van der Waals surface area (Å²) in [7, 11) is 0. The highest BCUT2D eigenvalue weighted by Gasteiger charge is 2.03. The molecule has 0 aliphatic rings. The fourth-order valence-electron chi connectivity index (χ4n) is 2.31. The maximum absolute atomic E-state index is 5.90. The van der Waals surface area contributed by atoms with Crippen molar-refractivity contribution in [3.05, 3.63) is 53.0 Å². The van der Waals surface area contributed by atoms with Gasteiger partial charge in [-0.3, -0.25) is 0 Å². The second-order valence-corrected chi connectivity index (χ2v) is 5.52. The monoisotopic (exact) mass is 287 g/mol. The van der Waals surface area contributed by atoms with Gasteiger partial charge in [0.1, 0.15) is 11.5 Å². The van der Waals surface area contributed by atoms with Crippen molar-refractivity contribution in [3.63, 3.8) is 0 Å². The first-order valence-electron chi connectivity index (χ1n) is 7.60. The summed E-state index contributed by atoms with van der Waals surface area (Å²) in [6.45, 7) is 8.91. The highest BCUT2D eigenvalue weighted by molar-refractivity contribution is 5.41. The van der Waals surface area contributed by atoms with Crippen molar-refractivity contribution in [1.82, 2.24) is 5.32 Å². The molecule has 1 aromatic heterocycles. The molecule has 21 heavy (non-hydrogen) atoms. The molecular formula is C18H25NO2. The fraction of sp³-hybridized carbons (Fsp3) is 0.444. The van der Waals surface area contributed by atoms with E-state index in [2.05, 4.69) is 38.2 Å². The van der Waals surface area contributed by atoms with Crippen LogP contribution in [0.5, 0.6) is 5.75 Å². The number of rotatable bonds is 8. The quantitative estimate of drug-likeness (QED) is 0.740. The van der Waals surface area contributed by atoms with Crippen molar-refractivity contribution in [1.29, 1.82) is 0 Å². The molecule has 0 spiro atoms. The second kappa shape index (κ2) is 7.89. The molecule has 1 N–H and O–H groups in total. The van der Waals surface area contributed by atoms with Crippen LogP contribution in [0.3, 0.4) is 0 Å². The molecule has 0 fully saturated rings. The molecule has 1 aromatic carbocycles. The average molecular weight is 287 g/mol. The standard InChI is InChI=1S/C18H25NO2/c1-14-11-15(2)16(3)18(12-14)21-9-5-4-8-19-13-17-7-6-10-20-17/h6-7,10-12,19H,4-5,8-9,13H2,1-3H3. The maximum atomic E-state index is 5.90. The predicted molar refractivity (Wildman–Crippen MR) is 85.8 cm³/mol. The van der Waals surface area contributed by atoms with Crippen molar-refractivity contribution in [2.24, 2.45) is 0 Å². The van der Waals surface area contributed by atoms with Crippen molar-refractivity contribution >= 4 is 0 Å². The molecule has 0 bridgehead atoms. The topological polar surface area (TPSA) is 34.4 Å². The van der Waals surface area contributed by atoms with E-state index in [0.29, 0.717) is 0 Å². The van der Waals surface area contributed by atoms with Gasteiger partial charge in [0.05, 0.1) is 19.4 Å². The van der Waals surface area contributed by atoms with E-state index < -0.39 is 0 Å². The van der Waals surface area contributed by atoms with Crippen LogP contribution in [-0.4, -0.2) is 13.2 Å². The van der Waals surface area contributed by atoms with E-state index >= 15 is 0 Å². The number of furan rings is 1. The first kappa shape index (κ1) is 15.6. The molecule has 0 saturated carbocycles. The summed E-state index contributed by atoms with van der Waals surface area (Å²) in [6.07, 6.45) is 3.86. The molecule has 114 valence electrons. The Morgan fingerprint density at radius 3 is 2.76 bits per heavy atom. The molecule has 2 aromatic rings. The predicted octanol–water partition coefficient (Wildman–Crippen LogP) is 4.15. The van der Waals surface area contributed by atoms with Crippen LogP contribution in [0.1, 0.15) is 35.3 Å². The largest absolute Gasteiger partial charge is 0.493 e. The van der Waals surface area contributed by atoms with Gasteiger partial charge in [-0.15, -0.1) is 0 Å². The smallest absolute Gasteiger partial charge is 0.122 e. The Bertz CT molecular complexity index is 547. The van der Waals surface area contributed by atoms with Crippen LogP contribution in [0, 0.1) is 20.8 Å². The molecule has 0 aliphatic carbocycles. The van der Waals surface area contributed by atoms with E-state index in [9.17, 15) is 0 Å². The van der Waals surface area contributed by atoms with Crippen molar-refractivity contribution < 1.29 is 9.15 Å². The molecule has 3 nitrogen and oxygen atoms in total. The van der Waals surface area contributed by atoms with Gasteiger partial charge < -0.3 is 14.5 Å². The van der Waals surface area contributed by atoms with Gasteiger partial charge in [-0.05, 0) is 75.0 Å². The summed E-state index contributed by atoms with van der Waals surface area (Å²) in [4.78, 5) is 0. The SMILES string of the molecule is Cc1cc(C)c(C)c(OCCCCNCc2ccco2)c1. The zero-order valence-electron chi connectivity index (χ0n) is 13.2. The van der Waals surface area contributed by atoms with E-state index in [4.69, 9.17) is 9.15 Å². The minimum Gasteiger partial charge on any atom is -0.493 e. The Balaban J connectivity index is 1.61. The number of aryl methyl sites for hydroxylation is 2. The van der Waals surface area contributed by atoms with Gasteiger partial charge in [0.2, 0.25) is 0 Å². The van der Waals surface area contributed by atoms with Gasteiger partial charge >= 0.3 is 0 Å². The Morgan fingerprint density at radius 1 is 1.14 bits per heavy atom. The van der Waals surface area contributed by atoms with Gasteiger partial charge in [-0.2, -0.15) is 0 Å². The molecule has 0 aliphatic heterocycles. The minimum atomic E-state index is 0.770. The molecule has 0 atom stereocenters. The molecule has 2 rings (SSSR count). The fourth-order valence-corrected chi connectivity index (χ4v) is 2.31. The Labute approximate surface area is 127 Å². The second-order valence-electron chi connectivity index (χ2n) is 5.52. The summed E-state index contributed by atoms with van der Waals surface area (Å²) in [6, 6.07) is 8.22. The first-order valence-corrected chi connectivity index (χ1v) is 7.60. The highest BCUT2D eigenvalue weighted by atomic mass is 16.5. The zero-order chi connectivity index (χ0) is 15.1. The molecular weight excluding hydrogens is 262 g/mol. The van der Waals surface area contributed by atoms with Crippen molar-refractivity contribution in [3.8, 4) is 5.75 Å². The maximum Gasteiger partial charge on any atom is 0.122 e. The van der Waals surface area contributed by atoms with Crippen LogP contribution in [0.25, 0.3) is 0 Å². The third-order valence-electron chi connectivity index (χ3n) is 3.65. The van der Waals surface area contributed by atoms with Gasteiger partial charge in [0.25, 0.3) is 0 Å². The summed E-state index contributed by atoms with van der Waals surface area (Å²) >= 11 is 0. The zero-order valence-corrected chi connectivity index (χ0v) is 13.2. The number of ether oxygens (including phenoxy) is 1. The van der Waals surface area contributed by atoms with Gasteiger partial charge in [-0.25, -0.2) is 0 Å². The number of benzene rings is 1. The van der Waals surface area contributed by atoms with Crippen molar-refractivity contribution in [2.45, 2.75) is 40.2 Å². The third-order valence-corrected chi connectivity index (χ3v) is 3.65. The van der Waals surface area contributed by atoms with Crippen LogP contribution in [0.4, 0.5) is 0 Å². The average Bonchev–Trinajstić information content (AvgIpc) is 2.96. The Kier molecular flexibility index (Phi) is 5.88. The first-order chi connectivity index (χ1) is 10.2. The van der Waals surface area contributed by atoms with Crippen molar-refractivity contribution in [2.75, 3.05) is 13.2 Å². The molecule has 0 radical (unpaired) electrons. The molecule has 1 heterocycles. The van der Waals surface area contributed by atoms with Crippen LogP contribution in [0.2, 0.25) is 0 Å². The third kappa shape index (κ3) is 4.94. The van der Waals surface area contributed by atoms with Crippen LogP contribution < -0.4 is 10.1 Å². The lowest BCUT2D eigenvalue weighted by atomic mass is 10.1. The van der Waals surface area contributed by atoms with E-state index in [1.807, 2.05) is 12.1 Å². The lowest BCUT2D eigenvalue weighted by Gasteiger charge is -2.12. The molecule has 0 amide bonds. The number of hydrogen-bond acceptors (Lipinski definition) is 3. The lowest BCUT2D eigenvalue weighted by Crippen LogP contribution is -2.15. The van der Waals surface area contributed by atoms with E-state index in [1.54, 1.807) is 6.26 Å².